The highest BCUT2D eigenvalue weighted by Crippen LogP contribution is 2.25. The van der Waals surface area contributed by atoms with Gasteiger partial charge in [0.15, 0.2) is 0 Å². The molecule has 1 saturated carbocycles. The summed E-state index contributed by atoms with van der Waals surface area (Å²) < 4.78 is 1.60. The molecule has 6 nitrogen and oxygen atoms in total. The van der Waals surface area contributed by atoms with Gasteiger partial charge in [-0.15, -0.1) is 5.10 Å². The molecule has 1 aliphatic carbocycles. The molecule has 1 amide bonds. The number of rotatable bonds is 5. The second-order valence-corrected chi connectivity index (χ2v) is 6.64. The molecule has 1 aromatic heterocycles. The van der Waals surface area contributed by atoms with Crippen molar-refractivity contribution in [3.05, 3.63) is 29.3 Å². The van der Waals surface area contributed by atoms with E-state index < -0.39 is 0 Å². The lowest BCUT2D eigenvalue weighted by Gasteiger charge is -2.11. The number of nitrogens with one attached hydrogen (secondary N) is 1. The van der Waals surface area contributed by atoms with E-state index in [0.29, 0.717) is 16.2 Å². The van der Waals surface area contributed by atoms with Gasteiger partial charge < -0.3 is 5.32 Å². The molecule has 0 spiro atoms. The lowest BCUT2D eigenvalue weighted by atomic mass is 10.3. The molecule has 0 radical (unpaired) electrons. The number of benzene rings is 1. The topological polar surface area (TPSA) is 72.7 Å². The molecule has 2 aromatic rings. The molecular weight excluding hydrogens is 310 g/mol. The van der Waals surface area contributed by atoms with Crippen LogP contribution >= 0.6 is 23.4 Å². The molecule has 1 fully saturated rings. The van der Waals surface area contributed by atoms with Gasteiger partial charge in [0, 0.05) is 11.1 Å². The molecule has 1 aliphatic rings. The fraction of sp³-hybridized carbons (Fsp3) is 0.385. The van der Waals surface area contributed by atoms with Crippen molar-refractivity contribution in [2.75, 3.05) is 0 Å². The van der Waals surface area contributed by atoms with Crippen molar-refractivity contribution in [3.63, 3.8) is 0 Å². The van der Waals surface area contributed by atoms with Gasteiger partial charge in [0.2, 0.25) is 11.1 Å². The molecule has 0 bridgehead atoms. The van der Waals surface area contributed by atoms with Gasteiger partial charge in [-0.25, -0.2) is 0 Å². The molecule has 21 heavy (non-hydrogen) atoms. The van der Waals surface area contributed by atoms with Gasteiger partial charge in [-0.1, -0.05) is 23.4 Å². The number of carbonyl (C=O) groups excluding carboxylic acids is 1. The van der Waals surface area contributed by atoms with E-state index in [1.807, 2.05) is 19.1 Å². The monoisotopic (exact) mass is 323 g/mol. The lowest BCUT2D eigenvalue weighted by molar-refractivity contribution is -0.120. The lowest BCUT2D eigenvalue weighted by Crippen LogP contribution is -2.32. The Kier molecular flexibility index (Phi) is 4.12. The molecule has 8 heteroatoms. The zero-order valence-corrected chi connectivity index (χ0v) is 12.9. The smallest absolute Gasteiger partial charge is 0.233 e. The first-order chi connectivity index (χ1) is 10.1. The summed E-state index contributed by atoms with van der Waals surface area (Å²) in [6.07, 6.45) is 2.15. The van der Waals surface area contributed by atoms with Gasteiger partial charge in [-0.2, -0.15) is 4.68 Å². The molecular formula is C13H14ClN5OS. The van der Waals surface area contributed by atoms with Gasteiger partial charge in [0.05, 0.1) is 10.9 Å². The third-order valence-electron chi connectivity index (χ3n) is 3.09. The fourth-order valence-corrected chi connectivity index (χ4v) is 2.70. The quantitative estimate of drug-likeness (QED) is 0.853. The van der Waals surface area contributed by atoms with Crippen molar-refractivity contribution >= 4 is 29.3 Å². The zero-order chi connectivity index (χ0) is 14.8. The maximum Gasteiger partial charge on any atom is 0.233 e. The minimum Gasteiger partial charge on any atom is -0.352 e. The van der Waals surface area contributed by atoms with Crippen LogP contribution in [0.15, 0.2) is 29.4 Å². The summed E-state index contributed by atoms with van der Waals surface area (Å²) >= 11 is 7.21. The average molecular weight is 324 g/mol. The summed E-state index contributed by atoms with van der Waals surface area (Å²) in [5.41, 5.74) is 0.807. The maximum absolute atomic E-state index is 12.0. The molecule has 0 saturated heterocycles. The number of hydrogen-bond donors (Lipinski definition) is 1. The van der Waals surface area contributed by atoms with Crippen LogP contribution in [0.5, 0.6) is 0 Å². The number of thioether (sulfide) groups is 1. The van der Waals surface area contributed by atoms with Crippen LogP contribution in [0.1, 0.15) is 19.8 Å². The summed E-state index contributed by atoms with van der Waals surface area (Å²) in [5.74, 6) is 0.0214. The SMILES string of the molecule is C[C@@H](Sc1nnnn1-c1ccc(Cl)cc1)C(=O)NC1CC1. The van der Waals surface area contributed by atoms with E-state index in [2.05, 4.69) is 20.8 Å². The normalized spacial score (nSPS) is 15.7. The van der Waals surface area contributed by atoms with E-state index in [9.17, 15) is 4.79 Å². The number of amides is 1. The van der Waals surface area contributed by atoms with Gasteiger partial charge in [-0.3, -0.25) is 4.79 Å². The van der Waals surface area contributed by atoms with Crippen LogP contribution < -0.4 is 5.32 Å². The van der Waals surface area contributed by atoms with Gasteiger partial charge >= 0.3 is 0 Å². The third kappa shape index (κ3) is 3.54. The Morgan fingerprint density at radius 2 is 2.14 bits per heavy atom. The van der Waals surface area contributed by atoms with Crippen molar-refractivity contribution in [3.8, 4) is 5.69 Å². The minimum absolute atomic E-state index is 0.0214. The van der Waals surface area contributed by atoms with E-state index in [1.54, 1.807) is 16.8 Å². The zero-order valence-electron chi connectivity index (χ0n) is 11.4. The third-order valence-corrected chi connectivity index (χ3v) is 4.37. The summed E-state index contributed by atoms with van der Waals surface area (Å²) in [4.78, 5) is 12.0. The Morgan fingerprint density at radius 3 is 2.81 bits per heavy atom. The van der Waals surface area contributed by atoms with E-state index >= 15 is 0 Å². The molecule has 110 valence electrons. The Hall–Kier alpha value is -1.60. The molecule has 1 atom stereocenters. The number of nitrogens with zero attached hydrogens (tertiary/aromatic N) is 4. The molecule has 0 unspecified atom stereocenters. The molecule has 3 rings (SSSR count). The summed E-state index contributed by atoms with van der Waals surface area (Å²) in [7, 11) is 0. The summed E-state index contributed by atoms with van der Waals surface area (Å²) in [5, 5.41) is 15.6. The number of aromatic nitrogens is 4. The Labute approximate surface area is 131 Å². The van der Waals surface area contributed by atoms with Crippen LogP contribution in [0.2, 0.25) is 5.02 Å². The number of halogens is 1. The van der Waals surface area contributed by atoms with Gasteiger partial charge in [0.25, 0.3) is 0 Å². The number of tetrazole rings is 1. The van der Waals surface area contributed by atoms with Crippen LogP contribution in [-0.2, 0) is 4.79 Å². The standard InChI is InChI=1S/C13H14ClN5OS/c1-8(12(20)15-10-4-5-10)21-13-16-17-18-19(13)11-6-2-9(14)3-7-11/h2-3,6-8,10H,4-5H2,1H3,(H,15,20)/t8-/m1/s1. The predicted octanol–water partition coefficient (Wildman–Crippen LogP) is 2.07. The van der Waals surface area contributed by atoms with Gasteiger partial charge in [0.1, 0.15) is 0 Å². The first kappa shape index (κ1) is 14.3. The van der Waals surface area contributed by atoms with Crippen LogP contribution in [0.25, 0.3) is 5.69 Å². The highest BCUT2D eigenvalue weighted by Gasteiger charge is 2.27. The Bertz CT molecular complexity index is 640. The largest absolute Gasteiger partial charge is 0.352 e. The number of carbonyl (C=O) groups is 1. The number of hydrogen-bond acceptors (Lipinski definition) is 5. The maximum atomic E-state index is 12.0. The highest BCUT2D eigenvalue weighted by atomic mass is 35.5. The first-order valence-electron chi connectivity index (χ1n) is 6.65. The van der Waals surface area contributed by atoms with E-state index in [1.165, 1.54) is 11.8 Å². The van der Waals surface area contributed by atoms with E-state index in [4.69, 9.17) is 11.6 Å². The van der Waals surface area contributed by atoms with E-state index in [-0.39, 0.29) is 11.2 Å². The van der Waals surface area contributed by atoms with Crippen molar-refractivity contribution in [2.45, 2.75) is 36.2 Å². The van der Waals surface area contributed by atoms with Crippen molar-refractivity contribution < 1.29 is 4.79 Å². The van der Waals surface area contributed by atoms with Crippen molar-refractivity contribution in [2.24, 2.45) is 0 Å². The second kappa shape index (κ2) is 6.03. The molecule has 1 aromatic carbocycles. The Morgan fingerprint density at radius 1 is 1.43 bits per heavy atom. The highest BCUT2D eigenvalue weighted by molar-refractivity contribution is 8.00. The predicted molar refractivity (Wildman–Crippen MR) is 80.6 cm³/mol. The second-order valence-electron chi connectivity index (χ2n) is 4.89. The summed E-state index contributed by atoms with van der Waals surface area (Å²) in [6.45, 7) is 1.85. The van der Waals surface area contributed by atoms with Crippen LogP contribution in [0.3, 0.4) is 0 Å². The molecule has 0 aliphatic heterocycles. The Balaban J connectivity index is 1.72. The fourth-order valence-electron chi connectivity index (χ4n) is 1.75. The molecule has 1 N–H and O–H groups in total. The summed E-state index contributed by atoms with van der Waals surface area (Å²) in [6, 6.07) is 7.56. The van der Waals surface area contributed by atoms with Crippen LogP contribution in [-0.4, -0.2) is 37.4 Å². The molecule has 1 heterocycles. The van der Waals surface area contributed by atoms with Crippen LogP contribution in [0, 0.1) is 0 Å². The van der Waals surface area contributed by atoms with Gasteiger partial charge in [-0.05, 0) is 54.5 Å². The minimum atomic E-state index is -0.248. The first-order valence-corrected chi connectivity index (χ1v) is 7.90. The van der Waals surface area contributed by atoms with Crippen LogP contribution in [0.4, 0.5) is 0 Å². The average Bonchev–Trinajstić information content (AvgIpc) is 3.16. The van der Waals surface area contributed by atoms with Crippen molar-refractivity contribution in [1.29, 1.82) is 0 Å². The van der Waals surface area contributed by atoms with E-state index in [0.717, 1.165) is 18.5 Å². The van der Waals surface area contributed by atoms with Crippen molar-refractivity contribution in [1.82, 2.24) is 25.5 Å².